The highest BCUT2D eigenvalue weighted by atomic mass is 16.5. The second-order valence-corrected chi connectivity index (χ2v) is 5.82. The van der Waals surface area contributed by atoms with Crippen molar-refractivity contribution in [2.45, 2.75) is 45.1 Å². The quantitative estimate of drug-likeness (QED) is 0.620. The van der Waals surface area contributed by atoms with Gasteiger partial charge in [0.05, 0.1) is 26.9 Å². The van der Waals surface area contributed by atoms with Crippen molar-refractivity contribution >= 4 is 17.9 Å². The first-order valence-electron chi connectivity index (χ1n) is 7.97. The van der Waals surface area contributed by atoms with Crippen molar-refractivity contribution in [3.8, 4) is 0 Å². The Labute approximate surface area is 140 Å². The summed E-state index contributed by atoms with van der Waals surface area (Å²) in [6, 6.07) is 0.0367. The van der Waals surface area contributed by atoms with E-state index in [2.05, 4.69) is 0 Å². The molecule has 0 amide bonds. The first kappa shape index (κ1) is 18.0. The van der Waals surface area contributed by atoms with Gasteiger partial charge in [0, 0.05) is 11.7 Å². The number of rotatable bonds is 4. The topological polar surface area (TPSA) is 83.8 Å². The Balaban J connectivity index is 2.76. The fourth-order valence-corrected chi connectivity index (χ4v) is 3.45. The predicted molar refractivity (Wildman–Crippen MR) is 85.3 cm³/mol. The van der Waals surface area contributed by atoms with Crippen molar-refractivity contribution in [3.63, 3.8) is 0 Å². The van der Waals surface area contributed by atoms with Crippen LogP contribution in [0.1, 0.15) is 75.0 Å². The van der Waals surface area contributed by atoms with Gasteiger partial charge in [0.2, 0.25) is 0 Å². The summed E-state index contributed by atoms with van der Waals surface area (Å²) in [6.45, 7) is 1.71. The molecule has 0 unspecified atom stereocenters. The molecule has 1 saturated carbocycles. The van der Waals surface area contributed by atoms with E-state index >= 15 is 0 Å². The van der Waals surface area contributed by atoms with E-state index in [4.69, 9.17) is 14.2 Å². The highest BCUT2D eigenvalue weighted by Crippen LogP contribution is 2.35. The van der Waals surface area contributed by atoms with E-state index in [1.54, 1.807) is 11.5 Å². The van der Waals surface area contributed by atoms with E-state index in [0.717, 1.165) is 32.1 Å². The molecular formula is C17H23NO6. The molecule has 0 bridgehead atoms. The third kappa shape index (κ3) is 3.02. The number of carbonyl (C=O) groups is 3. The van der Waals surface area contributed by atoms with E-state index in [0.29, 0.717) is 5.69 Å². The van der Waals surface area contributed by atoms with Crippen LogP contribution in [0.4, 0.5) is 0 Å². The number of aromatic nitrogens is 1. The van der Waals surface area contributed by atoms with Crippen molar-refractivity contribution in [3.05, 3.63) is 22.5 Å². The Morgan fingerprint density at radius 2 is 1.33 bits per heavy atom. The summed E-state index contributed by atoms with van der Waals surface area (Å²) in [6.07, 6.45) is 4.95. The molecule has 7 heteroatoms. The minimum Gasteiger partial charge on any atom is -0.465 e. The zero-order chi connectivity index (χ0) is 17.9. The van der Waals surface area contributed by atoms with E-state index in [1.165, 1.54) is 21.3 Å². The summed E-state index contributed by atoms with van der Waals surface area (Å²) in [5, 5.41) is 0. The van der Waals surface area contributed by atoms with Crippen LogP contribution in [0.25, 0.3) is 0 Å². The monoisotopic (exact) mass is 337 g/mol. The number of methoxy groups -OCH3 is 3. The zero-order valence-electron chi connectivity index (χ0n) is 14.5. The van der Waals surface area contributed by atoms with Crippen LogP contribution in [0.3, 0.4) is 0 Å². The minimum absolute atomic E-state index is 0.0367. The van der Waals surface area contributed by atoms with Gasteiger partial charge in [-0.3, -0.25) is 0 Å². The first-order chi connectivity index (χ1) is 11.5. The summed E-state index contributed by atoms with van der Waals surface area (Å²) in [5.74, 6) is -2.10. The molecule has 2 rings (SSSR count). The van der Waals surface area contributed by atoms with Gasteiger partial charge < -0.3 is 18.8 Å². The number of ether oxygens (including phenoxy) is 3. The third-order valence-corrected chi connectivity index (χ3v) is 4.55. The Bertz CT molecular complexity index is 655. The summed E-state index contributed by atoms with van der Waals surface area (Å²) >= 11 is 0. The van der Waals surface area contributed by atoms with Crippen LogP contribution in [0, 0.1) is 6.92 Å². The lowest BCUT2D eigenvalue weighted by Gasteiger charge is -2.26. The molecule has 1 aliphatic carbocycles. The summed E-state index contributed by atoms with van der Waals surface area (Å²) in [7, 11) is 3.69. The van der Waals surface area contributed by atoms with Crippen LogP contribution in [0.2, 0.25) is 0 Å². The molecule has 0 saturated heterocycles. The number of esters is 3. The molecule has 0 spiro atoms. The lowest BCUT2D eigenvalue weighted by molar-refractivity contribution is 0.0533. The molecular weight excluding hydrogens is 314 g/mol. The molecule has 0 radical (unpaired) electrons. The average Bonchev–Trinajstić information content (AvgIpc) is 2.93. The largest absolute Gasteiger partial charge is 0.465 e. The molecule has 1 aliphatic rings. The van der Waals surface area contributed by atoms with Crippen LogP contribution in [0.15, 0.2) is 0 Å². The summed E-state index contributed by atoms with van der Waals surface area (Å²) in [4.78, 5) is 36.9. The Kier molecular flexibility index (Phi) is 5.64. The second kappa shape index (κ2) is 7.51. The van der Waals surface area contributed by atoms with E-state index in [-0.39, 0.29) is 22.9 Å². The molecule has 1 aromatic rings. The maximum absolute atomic E-state index is 12.4. The van der Waals surface area contributed by atoms with Gasteiger partial charge in [0.15, 0.2) is 0 Å². The van der Waals surface area contributed by atoms with Gasteiger partial charge in [-0.1, -0.05) is 19.3 Å². The smallest absolute Gasteiger partial charge is 0.355 e. The highest BCUT2D eigenvalue weighted by molar-refractivity contribution is 6.11. The molecule has 7 nitrogen and oxygen atoms in total. The van der Waals surface area contributed by atoms with Gasteiger partial charge in [-0.25, -0.2) is 14.4 Å². The Morgan fingerprint density at radius 3 is 1.83 bits per heavy atom. The molecule has 132 valence electrons. The van der Waals surface area contributed by atoms with Crippen LogP contribution < -0.4 is 0 Å². The normalized spacial score (nSPS) is 15.0. The van der Waals surface area contributed by atoms with Crippen LogP contribution >= 0.6 is 0 Å². The molecule has 1 aromatic heterocycles. The van der Waals surface area contributed by atoms with E-state index < -0.39 is 17.9 Å². The summed E-state index contributed by atoms with van der Waals surface area (Å²) < 4.78 is 16.2. The zero-order valence-corrected chi connectivity index (χ0v) is 14.5. The van der Waals surface area contributed by atoms with Crippen molar-refractivity contribution in [2.24, 2.45) is 0 Å². The lowest BCUT2D eigenvalue weighted by atomic mass is 9.95. The summed E-state index contributed by atoms with van der Waals surface area (Å²) in [5.41, 5.74) is 0.568. The van der Waals surface area contributed by atoms with E-state index in [1.807, 2.05) is 0 Å². The molecule has 0 N–H and O–H groups in total. The molecule has 1 fully saturated rings. The lowest BCUT2D eigenvalue weighted by Crippen LogP contribution is -2.21. The number of hydrogen-bond donors (Lipinski definition) is 0. The maximum atomic E-state index is 12.4. The Morgan fingerprint density at radius 1 is 0.833 bits per heavy atom. The average molecular weight is 337 g/mol. The molecule has 24 heavy (non-hydrogen) atoms. The van der Waals surface area contributed by atoms with Crippen molar-refractivity contribution < 1.29 is 28.6 Å². The number of nitrogens with zero attached hydrogens (tertiary/aromatic N) is 1. The molecule has 0 aliphatic heterocycles. The SMILES string of the molecule is COC(=O)c1c(C(=O)OC)c(C(=O)OC)n(C2CCCCC2)c1C. The van der Waals surface area contributed by atoms with Crippen LogP contribution in [0.5, 0.6) is 0 Å². The van der Waals surface area contributed by atoms with Gasteiger partial charge in [0.1, 0.15) is 11.3 Å². The molecule has 1 heterocycles. The van der Waals surface area contributed by atoms with Crippen LogP contribution in [-0.2, 0) is 14.2 Å². The minimum atomic E-state index is -0.756. The Hall–Kier alpha value is -2.31. The maximum Gasteiger partial charge on any atom is 0.355 e. The van der Waals surface area contributed by atoms with Gasteiger partial charge in [0.25, 0.3) is 0 Å². The fourth-order valence-electron chi connectivity index (χ4n) is 3.45. The van der Waals surface area contributed by atoms with Gasteiger partial charge in [-0.05, 0) is 19.8 Å². The molecule has 0 aromatic carbocycles. The van der Waals surface area contributed by atoms with Crippen molar-refractivity contribution in [1.29, 1.82) is 0 Å². The predicted octanol–water partition coefficient (Wildman–Crippen LogP) is 2.66. The van der Waals surface area contributed by atoms with E-state index in [9.17, 15) is 14.4 Å². The van der Waals surface area contributed by atoms with Gasteiger partial charge in [-0.15, -0.1) is 0 Å². The van der Waals surface area contributed by atoms with Crippen LogP contribution in [-0.4, -0.2) is 43.8 Å². The number of carbonyl (C=O) groups excluding carboxylic acids is 3. The van der Waals surface area contributed by atoms with Gasteiger partial charge >= 0.3 is 17.9 Å². The fraction of sp³-hybridized carbons (Fsp3) is 0.588. The number of hydrogen-bond acceptors (Lipinski definition) is 6. The van der Waals surface area contributed by atoms with Crippen molar-refractivity contribution in [2.75, 3.05) is 21.3 Å². The van der Waals surface area contributed by atoms with Crippen molar-refractivity contribution in [1.82, 2.24) is 4.57 Å². The van der Waals surface area contributed by atoms with Gasteiger partial charge in [-0.2, -0.15) is 0 Å². The first-order valence-corrected chi connectivity index (χ1v) is 7.97. The second-order valence-electron chi connectivity index (χ2n) is 5.82. The standard InChI is InChI=1S/C17H23NO6/c1-10-12(15(19)22-2)13(16(20)23-3)14(17(21)24-4)18(10)11-8-6-5-7-9-11/h11H,5-9H2,1-4H3. The molecule has 0 atom stereocenters. The highest BCUT2D eigenvalue weighted by Gasteiger charge is 2.36. The third-order valence-electron chi connectivity index (χ3n) is 4.55.